The van der Waals surface area contributed by atoms with Gasteiger partial charge in [-0.25, -0.2) is 9.59 Å². The molecule has 0 saturated carbocycles. The van der Waals surface area contributed by atoms with Crippen LogP contribution in [0.15, 0.2) is 0 Å². The first-order valence-electron chi connectivity index (χ1n) is 8.62. The van der Waals surface area contributed by atoms with E-state index < -0.39 is 35.6 Å². The summed E-state index contributed by atoms with van der Waals surface area (Å²) in [5.74, 6) is -3.51. The van der Waals surface area contributed by atoms with E-state index in [1.54, 1.807) is 13.8 Å². The second-order valence-corrected chi connectivity index (χ2v) is 9.46. The van der Waals surface area contributed by atoms with Crippen LogP contribution in [0.3, 0.4) is 0 Å². The SMILES string of the molecule is CC(CC(=O)ON1C(=O)CCC1=O)SSC(C)CC(=O)ON1C(=O)CCC1=O. The predicted octanol–water partition coefficient (Wildman–Crippen LogP) is 1.14. The van der Waals surface area contributed by atoms with Crippen LogP contribution in [-0.2, 0) is 38.4 Å². The fraction of sp³-hybridized carbons (Fsp3) is 0.625. The van der Waals surface area contributed by atoms with Crippen molar-refractivity contribution in [1.29, 1.82) is 0 Å². The summed E-state index contributed by atoms with van der Waals surface area (Å²) >= 11 is 0. The van der Waals surface area contributed by atoms with E-state index in [0.29, 0.717) is 10.1 Å². The molecule has 28 heavy (non-hydrogen) atoms. The van der Waals surface area contributed by atoms with Gasteiger partial charge in [0, 0.05) is 36.2 Å². The quantitative estimate of drug-likeness (QED) is 0.386. The zero-order chi connectivity index (χ0) is 20.8. The molecular formula is C16H20N2O8S2. The van der Waals surface area contributed by atoms with E-state index in [4.69, 9.17) is 9.68 Å². The van der Waals surface area contributed by atoms with Crippen LogP contribution in [0.25, 0.3) is 0 Å². The number of hydroxylamine groups is 4. The Hall–Kier alpha value is -2.08. The highest BCUT2D eigenvalue weighted by atomic mass is 33.1. The number of amides is 4. The molecule has 0 aliphatic carbocycles. The first-order valence-corrected chi connectivity index (χ1v) is 10.9. The van der Waals surface area contributed by atoms with Gasteiger partial charge < -0.3 is 9.68 Å². The van der Waals surface area contributed by atoms with E-state index >= 15 is 0 Å². The van der Waals surface area contributed by atoms with Crippen LogP contribution in [0.5, 0.6) is 0 Å². The molecule has 0 aromatic heterocycles. The second-order valence-electron chi connectivity index (χ2n) is 6.31. The summed E-state index contributed by atoms with van der Waals surface area (Å²) in [6.45, 7) is 3.53. The topological polar surface area (TPSA) is 127 Å². The molecule has 2 saturated heterocycles. The Morgan fingerprint density at radius 1 is 0.750 bits per heavy atom. The Morgan fingerprint density at radius 2 is 1.04 bits per heavy atom. The van der Waals surface area contributed by atoms with Gasteiger partial charge in [0.15, 0.2) is 0 Å². The number of carbonyl (C=O) groups excluding carboxylic acids is 6. The van der Waals surface area contributed by atoms with E-state index in [2.05, 4.69) is 0 Å². The fourth-order valence-electron chi connectivity index (χ4n) is 2.32. The molecule has 2 heterocycles. The summed E-state index contributed by atoms with van der Waals surface area (Å²) in [5.41, 5.74) is 0. The molecule has 10 nitrogen and oxygen atoms in total. The summed E-state index contributed by atoms with van der Waals surface area (Å²) in [7, 11) is 2.66. The lowest BCUT2D eigenvalue weighted by molar-refractivity contribution is -0.197. The molecule has 2 fully saturated rings. The van der Waals surface area contributed by atoms with E-state index in [0.717, 1.165) is 0 Å². The van der Waals surface area contributed by atoms with Gasteiger partial charge in [-0.2, -0.15) is 0 Å². The Kier molecular flexibility index (Phi) is 7.87. The third kappa shape index (κ3) is 6.23. The monoisotopic (exact) mass is 432 g/mol. The summed E-state index contributed by atoms with van der Waals surface area (Å²) < 4.78 is 0. The standard InChI is InChI=1S/C16H20N2O8S2/c1-9(7-15(23)25-17-11(19)3-4-12(17)20)27-28-10(2)8-16(24)26-18-13(21)5-6-14(18)22/h9-10H,3-8H2,1-2H3. The number of hydrogen-bond acceptors (Lipinski definition) is 10. The molecule has 0 N–H and O–H groups in total. The maximum absolute atomic E-state index is 11.8. The molecule has 2 unspecified atom stereocenters. The Morgan fingerprint density at radius 3 is 1.32 bits per heavy atom. The van der Waals surface area contributed by atoms with Crippen molar-refractivity contribution in [3.8, 4) is 0 Å². The molecule has 0 aromatic carbocycles. The van der Waals surface area contributed by atoms with Crippen molar-refractivity contribution < 1.29 is 38.4 Å². The summed E-state index contributed by atoms with van der Waals surface area (Å²) in [4.78, 5) is 79.0. The fourth-order valence-corrected chi connectivity index (χ4v) is 4.65. The molecule has 2 rings (SSSR count). The third-order valence-corrected chi connectivity index (χ3v) is 7.10. The Labute approximate surface area is 168 Å². The highest BCUT2D eigenvalue weighted by Gasteiger charge is 2.34. The highest BCUT2D eigenvalue weighted by Crippen LogP contribution is 2.34. The van der Waals surface area contributed by atoms with Gasteiger partial charge in [0.1, 0.15) is 0 Å². The van der Waals surface area contributed by atoms with Crippen LogP contribution in [0.4, 0.5) is 0 Å². The number of carbonyl (C=O) groups is 6. The van der Waals surface area contributed by atoms with Gasteiger partial charge in [0.2, 0.25) is 0 Å². The zero-order valence-electron chi connectivity index (χ0n) is 15.4. The average Bonchev–Trinajstić information content (AvgIpc) is 3.10. The van der Waals surface area contributed by atoms with Crippen molar-refractivity contribution in [2.24, 2.45) is 0 Å². The van der Waals surface area contributed by atoms with Gasteiger partial charge >= 0.3 is 11.9 Å². The minimum atomic E-state index is -0.692. The van der Waals surface area contributed by atoms with Crippen LogP contribution in [0, 0.1) is 0 Å². The summed E-state index contributed by atoms with van der Waals surface area (Å²) in [6.07, 6.45) is 0.0946. The van der Waals surface area contributed by atoms with Crippen molar-refractivity contribution >= 4 is 57.2 Å². The number of hydrogen-bond donors (Lipinski definition) is 0. The Balaban J connectivity index is 1.66. The van der Waals surface area contributed by atoms with Gasteiger partial charge in [-0.3, -0.25) is 19.2 Å². The maximum atomic E-state index is 11.8. The largest absolute Gasteiger partial charge is 0.334 e. The zero-order valence-corrected chi connectivity index (χ0v) is 17.0. The van der Waals surface area contributed by atoms with E-state index in [-0.39, 0.29) is 49.0 Å². The molecule has 4 amide bonds. The molecule has 0 spiro atoms. The van der Waals surface area contributed by atoms with E-state index in [1.165, 1.54) is 21.6 Å². The molecule has 2 aliphatic rings. The predicted molar refractivity (Wildman–Crippen MR) is 97.7 cm³/mol. The third-order valence-electron chi connectivity index (χ3n) is 3.69. The minimum Gasteiger partial charge on any atom is -0.330 e. The molecule has 2 aliphatic heterocycles. The van der Waals surface area contributed by atoms with Gasteiger partial charge in [-0.05, 0) is 0 Å². The second kappa shape index (κ2) is 9.92. The number of imide groups is 2. The first kappa shape index (κ1) is 22.2. The number of rotatable bonds is 9. The summed E-state index contributed by atoms with van der Waals surface area (Å²) in [5, 5.41) is 0.606. The molecule has 2 atom stereocenters. The molecule has 0 aromatic rings. The van der Waals surface area contributed by atoms with Crippen LogP contribution in [0.1, 0.15) is 52.4 Å². The molecule has 0 radical (unpaired) electrons. The Bertz CT molecular complexity index is 608. The molecule has 154 valence electrons. The van der Waals surface area contributed by atoms with Crippen molar-refractivity contribution in [3.63, 3.8) is 0 Å². The van der Waals surface area contributed by atoms with Crippen LogP contribution in [-0.4, -0.2) is 56.2 Å². The van der Waals surface area contributed by atoms with Crippen LogP contribution in [0.2, 0.25) is 0 Å². The average molecular weight is 432 g/mol. The van der Waals surface area contributed by atoms with Gasteiger partial charge in [-0.15, -0.1) is 10.1 Å². The van der Waals surface area contributed by atoms with Crippen molar-refractivity contribution in [2.45, 2.75) is 62.9 Å². The lowest BCUT2D eigenvalue weighted by Gasteiger charge is -2.17. The van der Waals surface area contributed by atoms with E-state index in [9.17, 15) is 28.8 Å². The van der Waals surface area contributed by atoms with Gasteiger partial charge in [0.25, 0.3) is 23.6 Å². The lowest BCUT2D eigenvalue weighted by atomic mass is 10.3. The lowest BCUT2D eigenvalue weighted by Crippen LogP contribution is -2.32. The molecular weight excluding hydrogens is 412 g/mol. The minimum absolute atomic E-state index is 0.0251. The van der Waals surface area contributed by atoms with Crippen LogP contribution >= 0.6 is 21.6 Å². The van der Waals surface area contributed by atoms with Crippen molar-refractivity contribution in [3.05, 3.63) is 0 Å². The maximum Gasteiger partial charge on any atom is 0.334 e. The van der Waals surface area contributed by atoms with E-state index in [1.807, 2.05) is 0 Å². The molecule has 0 bridgehead atoms. The first-order chi connectivity index (χ1) is 13.2. The van der Waals surface area contributed by atoms with Gasteiger partial charge in [-0.1, -0.05) is 35.4 Å². The van der Waals surface area contributed by atoms with Crippen LogP contribution < -0.4 is 0 Å². The normalized spacial score (nSPS) is 19.2. The van der Waals surface area contributed by atoms with Crippen molar-refractivity contribution in [1.82, 2.24) is 10.1 Å². The highest BCUT2D eigenvalue weighted by molar-refractivity contribution is 8.77. The summed E-state index contributed by atoms with van der Waals surface area (Å²) in [6, 6.07) is 0. The van der Waals surface area contributed by atoms with Crippen molar-refractivity contribution in [2.75, 3.05) is 0 Å². The van der Waals surface area contributed by atoms with Gasteiger partial charge in [0.05, 0.1) is 12.8 Å². The number of nitrogens with zero attached hydrogens (tertiary/aromatic N) is 2. The molecule has 12 heteroatoms. The smallest absolute Gasteiger partial charge is 0.330 e.